The summed E-state index contributed by atoms with van der Waals surface area (Å²) < 4.78 is 23.8. The molecular formula is C19H13ClFNO5. The van der Waals surface area contributed by atoms with E-state index in [-0.39, 0.29) is 28.0 Å². The molecule has 1 amide bonds. The second kappa shape index (κ2) is 7.51. The highest BCUT2D eigenvalue weighted by molar-refractivity contribution is 6.31. The van der Waals surface area contributed by atoms with Crippen LogP contribution in [0.15, 0.2) is 52.9 Å². The molecule has 0 saturated carbocycles. The molecule has 0 spiro atoms. The lowest BCUT2D eigenvalue weighted by Gasteiger charge is -2.04. The first-order valence-electron chi connectivity index (χ1n) is 7.73. The van der Waals surface area contributed by atoms with E-state index in [2.05, 4.69) is 5.32 Å². The van der Waals surface area contributed by atoms with Gasteiger partial charge in [-0.1, -0.05) is 29.8 Å². The number of ether oxygens (including phenoxy) is 1. The largest absolute Gasteiger partial charge is 0.502 e. The number of rotatable bonds is 4. The van der Waals surface area contributed by atoms with Crippen molar-refractivity contribution in [1.29, 1.82) is 0 Å². The molecule has 0 atom stereocenters. The lowest BCUT2D eigenvalue weighted by molar-refractivity contribution is -0.132. The van der Waals surface area contributed by atoms with Crippen LogP contribution in [0.3, 0.4) is 0 Å². The smallest absolute Gasteiger partial charge is 0.308 e. The SMILES string of the molecule is CC(=O)Oc1c(NC(=O)c2ccccc2)oc(-c2ccc(F)c(Cl)c2)c1O. The van der Waals surface area contributed by atoms with Crippen molar-refractivity contribution >= 4 is 29.4 Å². The molecule has 1 heterocycles. The minimum Gasteiger partial charge on any atom is -0.502 e. The van der Waals surface area contributed by atoms with E-state index in [1.165, 1.54) is 12.1 Å². The summed E-state index contributed by atoms with van der Waals surface area (Å²) in [7, 11) is 0. The molecule has 6 nitrogen and oxygen atoms in total. The molecule has 0 radical (unpaired) electrons. The van der Waals surface area contributed by atoms with Crippen LogP contribution < -0.4 is 10.1 Å². The van der Waals surface area contributed by atoms with Crippen molar-refractivity contribution < 1.29 is 28.2 Å². The summed E-state index contributed by atoms with van der Waals surface area (Å²) >= 11 is 5.76. The van der Waals surface area contributed by atoms with E-state index in [0.717, 1.165) is 13.0 Å². The highest BCUT2D eigenvalue weighted by Crippen LogP contribution is 2.46. The maximum atomic E-state index is 13.4. The molecule has 0 aliphatic heterocycles. The van der Waals surface area contributed by atoms with Gasteiger partial charge < -0.3 is 14.3 Å². The monoisotopic (exact) mass is 389 g/mol. The van der Waals surface area contributed by atoms with Gasteiger partial charge in [0.1, 0.15) is 5.82 Å². The average Bonchev–Trinajstić information content (AvgIpc) is 2.94. The number of hydrogen-bond acceptors (Lipinski definition) is 5. The minimum absolute atomic E-state index is 0.142. The summed E-state index contributed by atoms with van der Waals surface area (Å²) in [5.41, 5.74) is 0.557. The Kier molecular flexibility index (Phi) is 5.14. The van der Waals surface area contributed by atoms with Gasteiger partial charge >= 0.3 is 5.97 Å². The van der Waals surface area contributed by atoms with Crippen molar-refractivity contribution in [2.24, 2.45) is 0 Å². The van der Waals surface area contributed by atoms with E-state index < -0.39 is 23.4 Å². The van der Waals surface area contributed by atoms with Gasteiger partial charge in [-0.2, -0.15) is 0 Å². The van der Waals surface area contributed by atoms with Gasteiger partial charge in [-0.25, -0.2) is 4.39 Å². The number of hydrogen-bond donors (Lipinski definition) is 2. The molecule has 27 heavy (non-hydrogen) atoms. The quantitative estimate of drug-likeness (QED) is 0.635. The van der Waals surface area contributed by atoms with Crippen LogP contribution in [0.4, 0.5) is 10.3 Å². The van der Waals surface area contributed by atoms with Gasteiger partial charge in [0.05, 0.1) is 5.02 Å². The fraction of sp³-hybridized carbons (Fsp3) is 0.0526. The summed E-state index contributed by atoms with van der Waals surface area (Å²) in [5.74, 6) is -3.22. The number of furan rings is 1. The summed E-state index contributed by atoms with van der Waals surface area (Å²) in [5, 5.41) is 12.6. The highest BCUT2D eigenvalue weighted by Gasteiger charge is 2.26. The molecule has 0 bridgehead atoms. The van der Waals surface area contributed by atoms with E-state index >= 15 is 0 Å². The lowest BCUT2D eigenvalue weighted by atomic mass is 10.1. The molecule has 3 rings (SSSR count). The Morgan fingerprint density at radius 1 is 1.19 bits per heavy atom. The van der Waals surface area contributed by atoms with Crippen molar-refractivity contribution in [3.05, 3.63) is 64.9 Å². The lowest BCUT2D eigenvalue weighted by Crippen LogP contribution is -2.12. The van der Waals surface area contributed by atoms with Crippen LogP contribution in [0.25, 0.3) is 11.3 Å². The Morgan fingerprint density at radius 2 is 1.89 bits per heavy atom. The maximum absolute atomic E-state index is 13.4. The van der Waals surface area contributed by atoms with Crippen LogP contribution >= 0.6 is 11.6 Å². The first-order chi connectivity index (χ1) is 12.9. The summed E-state index contributed by atoms with van der Waals surface area (Å²) in [6, 6.07) is 11.9. The number of benzene rings is 2. The zero-order valence-electron chi connectivity index (χ0n) is 14.0. The van der Waals surface area contributed by atoms with E-state index in [1.807, 2.05) is 0 Å². The zero-order valence-corrected chi connectivity index (χ0v) is 14.7. The predicted molar refractivity (Wildman–Crippen MR) is 96.5 cm³/mol. The number of esters is 1. The van der Waals surface area contributed by atoms with Crippen LogP contribution in [0, 0.1) is 5.82 Å². The van der Waals surface area contributed by atoms with Crippen LogP contribution in [0.5, 0.6) is 11.5 Å². The molecule has 0 unspecified atom stereocenters. The highest BCUT2D eigenvalue weighted by atomic mass is 35.5. The van der Waals surface area contributed by atoms with Gasteiger partial charge in [-0.3, -0.25) is 14.9 Å². The number of halogens is 2. The van der Waals surface area contributed by atoms with Crippen molar-refractivity contribution in [3.8, 4) is 22.8 Å². The number of anilines is 1. The van der Waals surface area contributed by atoms with Gasteiger partial charge in [0.25, 0.3) is 5.91 Å². The standard InChI is InChI=1S/C19H13ClFNO5/c1-10(23)26-17-15(24)16(12-7-8-14(21)13(20)9-12)27-19(17)22-18(25)11-5-3-2-4-6-11/h2-9,24H,1H3,(H,22,25). The van der Waals surface area contributed by atoms with Crippen LogP contribution in [0.2, 0.25) is 5.02 Å². The van der Waals surface area contributed by atoms with Crippen LogP contribution in [-0.2, 0) is 4.79 Å². The molecule has 138 valence electrons. The third-order valence-corrected chi connectivity index (χ3v) is 3.82. The van der Waals surface area contributed by atoms with Crippen molar-refractivity contribution in [2.75, 3.05) is 5.32 Å². The van der Waals surface area contributed by atoms with Crippen molar-refractivity contribution in [2.45, 2.75) is 6.92 Å². The minimum atomic E-state index is -0.731. The topological polar surface area (TPSA) is 88.8 Å². The van der Waals surface area contributed by atoms with Gasteiger partial charge in [0.2, 0.25) is 17.4 Å². The second-order valence-electron chi connectivity index (χ2n) is 5.48. The Balaban J connectivity index is 2.03. The molecule has 0 aliphatic rings. The number of carbonyl (C=O) groups is 2. The third kappa shape index (κ3) is 3.93. The summed E-state index contributed by atoms with van der Waals surface area (Å²) in [6.45, 7) is 1.13. The number of amides is 1. The Morgan fingerprint density at radius 3 is 2.52 bits per heavy atom. The van der Waals surface area contributed by atoms with E-state index in [1.54, 1.807) is 30.3 Å². The molecular weight excluding hydrogens is 377 g/mol. The van der Waals surface area contributed by atoms with Gasteiger partial charge in [0.15, 0.2) is 5.76 Å². The van der Waals surface area contributed by atoms with Crippen LogP contribution in [0.1, 0.15) is 17.3 Å². The first-order valence-corrected chi connectivity index (χ1v) is 8.10. The number of carbonyl (C=O) groups excluding carboxylic acids is 2. The fourth-order valence-electron chi connectivity index (χ4n) is 2.33. The molecule has 0 fully saturated rings. The molecule has 2 aromatic carbocycles. The Labute approximate surface area is 158 Å². The predicted octanol–water partition coefficient (Wildman–Crippen LogP) is 4.62. The summed E-state index contributed by atoms with van der Waals surface area (Å²) in [4.78, 5) is 23.7. The van der Waals surface area contributed by atoms with Crippen molar-refractivity contribution in [1.82, 2.24) is 0 Å². The van der Waals surface area contributed by atoms with Gasteiger partial charge in [0, 0.05) is 18.1 Å². The Hall–Kier alpha value is -3.32. The molecule has 3 aromatic rings. The molecule has 0 aliphatic carbocycles. The molecule has 2 N–H and O–H groups in total. The number of nitrogens with one attached hydrogen (secondary N) is 1. The van der Waals surface area contributed by atoms with Crippen molar-refractivity contribution in [3.63, 3.8) is 0 Å². The fourth-order valence-corrected chi connectivity index (χ4v) is 2.51. The zero-order chi connectivity index (χ0) is 19.6. The van der Waals surface area contributed by atoms with Gasteiger partial charge in [-0.05, 0) is 30.3 Å². The Bertz CT molecular complexity index is 1020. The summed E-state index contributed by atoms with van der Waals surface area (Å²) in [6.07, 6.45) is 0. The molecule has 8 heteroatoms. The number of aromatic hydroxyl groups is 1. The van der Waals surface area contributed by atoms with Crippen LogP contribution in [-0.4, -0.2) is 17.0 Å². The third-order valence-electron chi connectivity index (χ3n) is 3.53. The second-order valence-corrected chi connectivity index (χ2v) is 5.89. The first kappa shape index (κ1) is 18.5. The average molecular weight is 390 g/mol. The normalized spacial score (nSPS) is 10.5. The maximum Gasteiger partial charge on any atom is 0.308 e. The van der Waals surface area contributed by atoms with Gasteiger partial charge in [-0.15, -0.1) is 0 Å². The van der Waals surface area contributed by atoms with E-state index in [9.17, 15) is 19.1 Å². The molecule has 1 aromatic heterocycles. The van der Waals surface area contributed by atoms with E-state index in [4.69, 9.17) is 20.8 Å². The molecule has 0 saturated heterocycles. The van der Waals surface area contributed by atoms with E-state index in [0.29, 0.717) is 5.56 Å².